The van der Waals surface area contributed by atoms with Gasteiger partial charge in [-0.05, 0) is 51.1 Å². The summed E-state index contributed by atoms with van der Waals surface area (Å²) >= 11 is 0. The Morgan fingerprint density at radius 1 is 1.24 bits per heavy atom. The van der Waals surface area contributed by atoms with E-state index in [0.717, 1.165) is 0 Å². The number of hydrogen-bond acceptors (Lipinski definition) is 4. The first-order valence-corrected chi connectivity index (χ1v) is 8.08. The molecule has 1 aliphatic rings. The normalized spacial score (nSPS) is 14.8. The van der Waals surface area contributed by atoms with Gasteiger partial charge in [-0.1, -0.05) is 12.1 Å². The van der Waals surface area contributed by atoms with E-state index >= 15 is 0 Å². The predicted molar refractivity (Wildman–Crippen MR) is 95.3 cm³/mol. The van der Waals surface area contributed by atoms with Crippen LogP contribution in [0.3, 0.4) is 0 Å². The van der Waals surface area contributed by atoms with Gasteiger partial charge in [-0.3, -0.25) is 9.59 Å². The van der Waals surface area contributed by atoms with Gasteiger partial charge in [-0.25, -0.2) is 0 Å². The smallest absolute Gasteiger partial charge is 0.268 e. The van der Waals surface area contributed by atoms with Crippen LogP contribution in [0.25, 0.3) is 0 Å². The van der Waals surface area contributed by atoms with E-state index in [2.05, 4.69) is 10.6 Å². The number of benzene rings is 2. The van der Waals surface area contributed by atoms with Crippen molar-refractivity contribution in [1.82, 2.24) is 0 Å². The average molecular weight is 340 g/mol. The van der Waals surface area contributed by atoms with Crippen LogP contribution in [0, 0.1) is 0 Å². The molecule has 2 N–H and O–H groups in total. The number of anilines is 2. The molecule has 0 bridgehead atoms. The maximum atomic E-state index is 12.5. The second kappa shape index (κ2) is 6.47. The minimum atomic E-state index is -0.957. The highest BCUT2D eigenvalue weighted by atomic mass is 16.5. The van der Waals surface area contributed by atoms with Gasteiger partial charge in [-0.2, -0.15) is 0 Å². The Bertz CT molecular complexity index is 830. The average Bonchev–Trinajstić information content (AvgIpc) is 2.57. The minimum Gasteiger partial charge on any atom is -0.494 e. The van der Waals surface area contributed by atoms with Gasteiger partial charge in [0.1, 0.15) is 17.2 Å². The standard InChI is InChI=1S/C19H20N2O4/c1-4-24-13-8-5-7-12(11-13)17(22)20-14-9-6-10-15-16(14)21-18(23)19(2,3)25-15/h5-11H,4H2,1-3H3,(H,20,22)(H,21,23). The van der Waals surface area contributed by atoms with Gasteiger partial charge in [-0.15, -0.1) is 0 Å². The van der Waals surface area contributed by atoms with Gasteiger partial charge in [0.05, 0.1) is 12.3 Å². The highest BCUT2D eigenvalue weighted by molar-refractivity contribution is 6.09. The lowest BCUT2D eigenvalue weighted by Gasteiger charge is -2.32. The topological polar surface area (TPSA) is 76.7 Å². The number of carbonyl (C=O) groups is 2. The zero-order valence-corrected chi connectivity index (χ0v) is 14.4. The van der Waals surface area contributed by atoms with Crippen LogP contribution < -0.4 is 20.1 Å². The third-order valence-electron chi connectivity index (χ3n) is 3.83. The molecule has 25 heavy (non-hydrogen) atoms. The molecule has 0 spiro atoms. The quantitative estimate of drug-likeness (QED) is 0.894. The molecule has 0 saturated carbocycles. The Hall–Kier alpha value is -3.02. The van der Waals surface area contributed by atoms with Crippen molar-refractivity contribution in [3.8, 4) is 11.5 Å². The Kier molecular flexibility index (Phi) is 4.35. The molecule has 0 aromatic heterocycles. The van der Waals surface area contributed by atoms with Crippen molar-refractivity contribution in [2.24, 2.45) is 0 Å². The van der Waals surface area contributed by atoms with E-state index in [9.17, 15) is 9.59 Å². The minimum absolute atomic E-state index is 0.264. The molecule has 0 atom stereocenters. The van der Waals surface area contributed by atoms with Gasteiger partial charge in [0.25, 0.3) is 11.8 Å². The van der Waals surface area contributed by atoms with E-state index in [1.54, 1.807) is 56.3 Å². The van der Waals surface area contributed by atoms with Crippen LogP contribution in [0.15, 0.2) is 42.5 Å². The molecule has 2 aromatic rings. The van der Waals surface area contributed by atoms with Crippen molar-refractivity contribution in [1.29, 1.82) is 0 Å². The van der Waals surface area contributed by atoms with Crippen LogP contribution in [-0.4, -0.2) is 24.0 Å². The number of nitrogens with one attached hydrogen (secondary N) is 2. The summed E-state index contributed by atoms with van der Waals surface area (Å²) in [7, 11) is 0. The second-order valence-corrected chi connectivity index (χ2v) is 6.16. The maximum Gasteiger partial charge on any atom is 0.268 e. The molecule has 3 rings (SSSR count). The summed E-state index contributed by atoms with van der Waals surface area (Å²) in [5.74, 6) is 0.586. The number of ether oxygens (including phenoxy) is 2. The molecular formula is C19H20N2O4. The van der Waals surface area contributed by atoms with Crippen LogP contribution in [0.2, 0.25) is 0 Å². The Morgan fingerprint density at radius 3 is 2.76 bits per heavy atom. The van der Waals surface area contributed by atoms with Crippen LogP contribution in [0.5, 0.6) is 11.5 Å². The molecular weight excluding hydrogens is 320 g/mol. The van der Waals surface area contributed by atoms with Crippen molar-refractivity contribution < 1.29 is 19.1 Å². The first-order chi connectivity index (χ1) is 11.9. The van der Waals surface area contributed by atoms with Gasteiger partial charge < -0.3 is 20.1 Å². The zero-order valence-electron chi connectivity index (χ0n) is 14.4. The molecule has 1 heterocycles. The molecule has 6 heteroatoms. The number of fused-ring (bicyclic) bond motifs is 1. The fraction of sp³-hybridized carbons (Fsp3) is 0.263. The molecule has 0 saturated heterocycles. The number of para-hydroxylation sites is 1. The Balaban J connectivity index is 1.86. The Labute approximate surface area is 146 Å². The summed E-state index contributed by atoms with van der Waals surface area (Å²) < 4.78 is 11.1. The molecule has 0 unspecified atom stereocenters. The SMILES string of the molecule is CCOc1cccc(C(=O)Nc2cccc3c2NC(=O)C(C)(C)O3)c1. The van der Waals surface area contributed by atoms with Gasteiger partial charge >= 0.3 is 0 Å². The van der Waals surface area contributed by atoms with Crippen molar-refractivity contribution in [2.45, 2.75) is 26.4 Å². The summed E-state index contributed by atoms with van der Waals surface area (Å²) in [4.78, 5) is 24.7. The van der Waals surface area contributed by atoms with Crippen LogP contribution in [-0.2, 0) is 4.79 Å². The van der Waals surface area contributed by atoms with Crippen molar-refractivity contribution in [3.63, 3.8) is 0 Å². The van der Waals surface area contributed by atoms with E-state index in [4.69, 9.17) is 9.47 Å². The van der Waals surface area contributed by atoms with Crippen LogP contribution in [0.4, 0.5) is 11.4 Å². The summed E-state index contributed by atoms with van der Waals surface area (Å²) in [6, 6.07) is 12.2. The fourth-order valence-electron chi connectivity index (χ4n) is 2.52. The highest BCUT2D eigenvalue weighted by Gasteiger charge is 2.36. The summed E-state index contributed by atoms with van der Waals surface area (Å²) in [6.45, 7) is 5.79. The number of amides is 2. The fourth-order valence-corrected chi connectivity index (χ4v) is 2.52. The highest BCUT2D eigenvalue weighted by Crippen LogP contribution is 2.39. The lowest BCUT2D eigenvalue weighted by molar-refractivity contribution is -0.129. The van der Waals surface area contributed by atoms with Crippen LogP contribution >= 0.6 is 0 Å². The molecule has 0 aliphatic carbocycles. The van der Waals surface area contributed by atoms with E-state index in [1.807, 2.05) is 6.92 Å². The predicted octanol–water partition coefficient (Wildman–Crippen LogP) is 3.45. The van der Waals surface area contributed by atoms with Gasteiger partial charge in [0.2, 0.25) is 0 Å². The summed E-state index contributed by atoms with van der Waals surface area (Å²) in [5.41, 5.74) is 0.447. The number of rotatable bonds is 4. The van der Waals surface area contributed by atoms with Gasteiger partial charge in [0.15, 0.2) is 5.60 Å². The zero-order chi connectivity index (χ0) is 18.0. The summed E-state index contributed by atoms with van der Waals surface area (Å²) in [6.07, 6.45) is 0. The van der Waals surface area contributed by atoms with Gasteiger partial charge in [0, 0.05) is 5.56 Å². The molecule has 6 nitrogen and oxygen atoms in total. The van der Waals surface area contributed by atoms with Crippen molar-refractivity contribution in [2.75, 3.05) is 17.2 Å². The maximum absolute atomic E-state index is 12.5. The largest absolute Gasteiger partial charge is 0.494 e. The third-order valence-corrected chi connectivity index (χ3v) is 3.83. The first-order valence-electron chi connectivity index (χ1n) is 8.08. The van der Waals surface area contributed by atoms with E-state index in [1.165, 1.54) is 0 Å². The Morgan fingerprint density at radius 2 is 2.00 bits per heavy atom. The van der Waals surface area contributed by atoms with E-state index in [-0.39, 0.29) is 11.8 Å². The van der Waals surface area contributed by atoms with Crippen LogP contribution in [0.1, 0.15) is 31.1 Å². The molecule has 130 valence electrons. The first kappa shape index (κ1) is 16.8. The monoisotopic (exact) mass is 340 g/mol. The molecule has 2 aromatic carbocycles. The number of carbonyl (C=O) groups excluding carboxylic acids is 2. The van der Waals surface area contributed by atoms with Crippen molar-refractivity contribution in [3.05, 3.63) is 48.0 Å². The van der Waals surface area contributed by atoms with E-state index < -0.39 is 5.60 Å². The number of hydrogen-bond donors (Lipinski definition) is 2. The summed E-state index contributed by atoms with van der Waals surface area (Å²) in [5, 5.41) is 5.62. The molecule has 1 aliphatic heterocycles. The lowest BCUT2D eigenvalue weighted by atomic mass is 10.1. The third kappa shape index (κ3) is 3.42. The lowest BCUT2D eigenvalue weighted by Crippen LogP contribution is -2.45. The van der Waals surface area contributed by atoms with E-state index in [0.29, 0.717) is 35.0 Å². The van der Waals surface area contributed by atoms with Crippen molar-refractivity contribution >= 4 is 23.2 Å². The molecule has 0 radical (unpaired) electrons. The molecule has 0 fully saturated rings. The second-order valence-electron chi connectivity index (χ2n) is 6.16. The molecule has 2 amide bonds.